The van der Waals surface area contributed by atoms with Crippen molar-refractivity contribution in [1.29, 1.82) is 0 Å². The zero-order valence-electron chi connectivity index (χ0n) is 11.0. The topological polar surface area (TPSA) is 18.5 Å². The molecule has 0 rings (SSSR count). The molecule has 0 radical (unpaired) electrons. The minimum atomic E-state index is -2.65. The van der Waals surface area contributed by atoms with Gasteiger partial charge in [0.1, 0.15) is 0 Å². The highest BCUT2D eigenvalue weighted by atomic mass is 19.3. The average Bonchev–Trinajstić information content (AvgIpc) is 2.17. The van der Waals surface area contributed by atoms with E-state index in [-0.39, 0.29) is 26.1 Å². The number of hydrogen-bond acceptors (Lipinski definition) is 2. The van der Waals surface area contributed by atoms with E-state index in [9.17, 15) is 17.6 Å². The molecule has 18 heavy (non-hydrogen) atoms. The second kappa shape index (κ2) is 8.69. The number of halogens is 4. The standard InChI is InChI=1S/C12H22F4O2/c1-11(13,14)5-3-7-17-9-10-18-8-4-6-12(2,15)16/h3-10H2,1-2H3. The highest BCUT2D eigenvalue weighted by Gasteiger charge is 2.20. The van der Waals surface area contributed by atoms with Crippen LogP contribution in [0.1, 0.15) is 39.5 Å². The summed E-state index contributed by atoms with van der Waals surface area (Å²) in [6.45, 7) is 2.88. The van der Waals surface area contributed by atoms with Crippen LogP contribution in [0.2, 0.25) is 0 Å². The molecule has 0 N–H and O–H groups in total. The van der Waals surface area contributed by atoms with Crippen molar-refractivity contribution in [2.24, 2.45) is 0 Å². The minimum Gasteiger partial charge on any atom is -0.379 e. The maximum atomic E-state index is 12.4. The third kappa shape index (κ3) is 15.6. The summed E-state index contributed by atoms with van der Waals surface area (Å²) in [5, 5.41) is 0. The van der Waals surface area contributed by atoms with Gasteiger partial charge in [0.15, 0.2) is 0 Å². The highest BCUT2D eigenvalue weighted by molar-refractivity contribution is 4.57. The molecule has 0 heterocycles. The van der Waals surface area contributed by atoms with Crippen molar-refractivity contribution in [2.45, 2.75) is 51.4 Å². The Balaban J connectivity index is 3.13. The van der Waals surface area contributed by atoms with Gasteiger partial charge in [0, 0.05) is 26.1 Å². The van der Waals surface area contributed by atoms with Crippen LogP contribution in [-0.4, -0.2) is 38.3 Å². The SMILES string of the molecule is CC(F)(F)CCCOCCOCCCC(C)(F)F. The van der Waals surface area contributed by atoms with Crippen LogP contribution in [0.5, 0.6) is 0 Å². The van der Waals surface area contributed by atoms with Crippen molar-refractivity contribution in [3.8, 4) is 0 Å². The van der Waals surface area contributed by atoms with Gasteiger partial charge in [-0.25, -0.2) is 17.6 Å². The Kier molecular flexibility index (Phi) is 8.52. The first-order valence-electron chi connectivity index (χ1n) is 6.12. The zero-order valence-corrected chi connectivity index (χ0v) is 11.0. The van der Waals surface area contributed by atoms with E-state index in [1.165, 1.54) is 0 Å². The lowest BCUT2D eigenvalue weighted by molar-refractivity contribution is -0.0110. The first-order chi connectivity index (χ1) is 8.21. The maximum absolute atomic E-state index is 12.4. The van der Waals surface area contributed by atoms with Crippen LogP contribution in [0.15, 0.2) is 0 Å². The molecule has 0 aliphatic rings. The van der Waals surface area contributed by atoms with E-state index < -0.39 is 11.8 Å². The quantitative estimate of drug-likeness (QED) is 0.420. The van der Waals surface area contributed by atoms with E-state index in [1.807, 2.05) is 0 Å². The van der Waals surface area contributed by atoms with Gasteiger partial charge in [-0.3, -0.25) is 0 Å². The fourth-order valence-electron chi connectivity index (χ4n) is 1.29. The fraction of sp³-hybridized carbons (Fsp3) is 1.00. The Morgan fingerprint density at radius 3 is 1.28 bits per heavy atom. The Bertz CT molecular complexity index is 177. The predicted octanol–water partition coefficient (Wildman–Crippen LogP) is 3.89. The summed E-state index contributed by atoms with van der Waals surface area (Å²) in [5.41, 5.74) is 0. The van der Waals surface area contributed by atoms with Crippen LogP contribution in [0.25, 0.3) is 0 Å². The van der Waals surface area contributed by atoms with E-state index in [0.29, 0.717) is 26.1 Å². The molecule has 0 unspecified atom stereocenters. The summed E-state index contributed by atoms with van der Waals surface area (Å²) in [6.07, 6.45) is 0.204. The summed E-state index contributed by atoms with van der Waals surface area (Å²) in [4.78, 5) is 0. The molecule has 0 aromatic carbocycles. The Morgan fingerprint density at radius 1 is 0.667 bits per heavy atom. The van der Waals surface area contributed by atoms with E-state index >= 15 is 0 Å². The van der Waals surface area contributed by atoms with E-state index in [2.05, 4.69) is 0 Å². The summed E-state index contributed by atoms with van der Waals surface area (Å²) >= 11 is 0. The third-order valence-corrected chi connectivity index (χ3v) is 2.18. The van der Waals surface area contributed by atoms with Crippen LogP contribution >= 0.6 is 0 Å². The van der Waals surface area contributed by atoms with Crippen molar-refractivity contribution in [3.63, 3.8) is 0 Å². The summed E-state index contributed by atoms with van der Waals surface area (Å²) in [5.74, 6) is -5.30. The molecule has 6 heteroatoms. The third-order valence-electron chi connectivity index (χ3n) is 2.18. The first-order valence-corrected chi connectivity index (χ1v) is 6.12. The van der Waals surface area contributed by atoms with Crippen molar-refractivity contribution in [1.82, 2.24) is 0 Å². The largest absolute Gasteiger partial charge is 0.379 e. The number of ether oxygens (including phenoxy) is 2. The van der Waals surface area contributed by atoms with E-state index in [4.69, 9.17) is 9.47 Å². The van der Waals surface area contributed by atoms with Gasteiger partial charge >= 0.3 is 0 Å². The smallest absolute Gasteiger partial charge is 0.245 e. The molecular weight excluding hydrogens is 252 g/mol. The van der Waals surface area contributed by atoms with Crippen LogP contribution in [0.4, 0.5) is 17.6 Å². The Morgan fingerprint density at radius 2 is 1.00 bits per heavy atom. The lowest BCUT2D eigenvalue weighted by Gasteiger charge is -2.11. The predicted molar refractivity (Wildman–Crippen MR) is 61.3 cm³/mol. The van der Waals surface area contributed by atoms with Crippen LogP contribution < -0.4 is 0 Å². The number of rotatable bonds is 11. The lowest BCUT2D eigenvalue weighted by atomic mass is 10.2. The second-order valence-corrected chi connectivity index (χ2v) is 4.57. The zero-order chi connectivity index (χ0) is 14.1. The van der Waals surface area contributed by atoms with Gasteiger partial charge in [0.2, 0.25) is 11.8 Å². The molecule has 0 bridgehead atoms. The molecule has 0 saturated heterocycles. The molecule has 0 fully saturated rings. The van der Waals surface area contributed by atoms with Gasteiger partial charge in [-0.2, -0.15) is 0 Å². The minimum absolute atomic E-state index is 0.195. The number of alkyl halides is 4. The fourth-order valence-corrected chi connectivity index (χ4v) is 1.29. The van der Waals surface area contributed by atoms with Crippen molar-refractivity contribution < 1.29 is 27.0 Å². The summed E-state index contributed by atoms with van der Waals surface area (Å²) < 4.78 is 59.7. The molecular formula is C12H22F4O2. The van der Waals surface area contributed by atoms with E-state index in [1.54, 1.807) is 0 Å². The molecule has 0 aliphatic carbocycles. The van der Waals surface area contributed by atoms with Crippen LogP contribution in [0.3, 0.4) is 0 Å². The van der Waals surface area contributed by atoms with Crippen LogP contribution in [-0.2, 0) is 9.47 Å². The van der Waals surface area contributed by atoms with Crippen molar-refractivity contribution in [2.75, 3.05) is 26.4 Å². The van der Waals surface area contributed by atoms with E-state index in [0.717, 1.165) is 13.8 Å². The van der Waals surface area contributed by atoms with Gasteiger partial charge < -0.3 is 9.47 Å². The van der Waals surface area contributed by atoms with Gasteiger partial charge in [0.05, 0.1) is 13.2 Å². The summed E-state index contributed by atoms with van der Waals surface area (Å²) in [7, 11) is 0. The Labute approximate surface area is 106 Å². The molecule has 0 aliphatic heterocycles. The van der Waals surface area contributed by atoms with Gasteiger partial charge in [-0.15, -0.1) is 0 Å². The second-order valence-electron chi connectivity index (χ2n) is 4.57. The van der Waals surface area contributed by atoms with Crippen molar-refractivity contribution in [3.05, 3.63) is 0 Å². The molecule has 2 nitrogen and oxygen atoms in total. The summed E-state index contributed by atoms with van der Waals surface area (Å²) in [6, 6.07) is 0. The normalized spacial score (nSPS) is 13.0. The Hall–Kier alpha value is -0.360. The monoisotopic (exact) mass is 274 g/mol. The maximum Gasteiger partial charge on any atom is 0.245 e. The first kappa shape index (κ1) is 17.6. The van der Waals surface area contributed by atoms with Gasteiger partial charge in [-0.05, 0) is 26.7 Å². The average molecular weight is 274 g/mol. The molecule has 0 spiro atoms. The molecule has 110 valence electrons. The van der Waals surface area contributed by atoms with Crippen molar-refractivity contribution >= 4 is 0 Å². The molecule has 0 saturated carbocycles. The van der Waals surface area contributed by atoms with Gasteiger partial charge in [0.25, 0.3) is 0 Å². The van der Waals surface area contributed by atoms with Crippen LogP contribution in [0, 0.1) is 0 Å². The molecule has 0 aromatic rings. The lowest BCUT2D eigenvalue weighted by Crippen LogP contribution is -2.13. The van der Waals surface area contributed by atoms with Gasteiger partial charge in [-0.1, -0.05) is 0 Å². The molecule has 0 amide bonds. The number of hydrogen-bond donors (Lipinski definition) is 0. The molecule has 0 aromatic heterocycles. The molecule has 0 atom stereocenters. The highest BCUT2D eigenvalue weighted by Crippen LogP contribution is 2.19.